The van der Waals surface area contributed by atoms with Crippen LogP contribution in [-0.4, -0.2) is 25.9 Å². The molecule has 2 rings (SSSR count). The van der Waals surface area contributed by atoms with Crippen LogP contribution in [0, 0.1) is 12.3 Å². The third-order valence-electron chi connectivity index (χ3n) is 3.95. The number of amides is 2. The summed E-state index contributed by atoms with van der Waals surface area (Å²) in [5.41, 5.74) is 2.55. The molecular formula is C20H27N3O2S. The van der Waals surface area contributed by atoms with Gasteiger partial charge in [0.2, 0.25) is 5.91 Å². The Morgan fingerprint density at radius 3 is 2.27 bits per heavy atom. The lowest BCUT2D eigenvalue weighted by atomic mass is 9.96. The number of rotatable bonds is 5. The third kappa shape index (κ3) is 5.08. The molecule has 0 fully saturated rings. The number of nitrogens with zero attached hydrogens (tertiary/aromatic N) is 1. The van der Waals surface area contributed by atoms with Crippen molar-refractivity contribution >= 4 is 33.8 Å². The van der Waals surface area contributed by atoms with Crippen LogP contribution in [0.1, 0.15) is 41.6 Å². The molecule has 1 aromatic heterocycles. The van der Waals surface area contributed by atoms with Crippen LogP contribution in [0.4, 0.5) is 10.7 Å². The maximum atomic E-state index is 12.5. The number of benzene rings is 1. The van der Waals surface area contributed by atoms with Crippen molar-refractivity contribution in [2.45, 2.75) is 34.2 Å². The quantitative estimate of drug-likeness (QED) is 0.832. The number of carbonyl (C=O) groups is 2. The third-order valence-corrected chi connectivity index (χ3v) is 5.10. The van der Waals surface area contributed by atoms with E-state index in [0.717, 1.165) is 16.8 Å². The molecule has 1 heterocycles. The van der Waals surface area contributed by atoms with Crippen molar-refractivity contribution in [2.24, 2.45) is 5.41 Å². The van der Waals surface area contributed by atoms with E-state index in [2.05, 4.69) is 10.6 Å². The molecule has 0 aliphatic rings. The zero-order valence-corrected chi connectivity index (χ0v) is 17.1. The summed E-state index contributed by atoms with van der Waals surface area (Å²) in [7, 11) is 3.98. The average Bonchev–Trinajstić information content (AvgIpc) is 2.92. The largest absolute Gasteiger partial charge is 0.378 e. The van der Waals surface area contributed by atoms with Gasteiger partial charge in [0.05, 0.1) is 9.88 Å². The molecule has 26 heavy (non-hydrogen) atoms. The van der Waals surface area contributed by atoms with Crippen molar-refractivity contribution in [3.05, 3.63) is 46.3 Å². The average molecular weight is 374 g/mol. The summed E-state index contributed by atoms with van der Waals surface area (Å²) in [5, 5.41) is 6.53. The van der Waals surface area contributed by atoms with Gasteiger partial charge in [0, 0.05) is 31.7 Å². The summed E-state index contributed by atoms with van der Waals surface area (Å²) in [6, 6.07) is 9.91. The normalized spacial score (nSPS) is 11.2. The molecule has 0 aliphatic heterocycles. The molecule has 5 nitrogen and oxygen atoms in total. The fraction of sp³-hybridized carbons (Fsp3) is 0.400. The minimum atomic E-state index is -0.473. The smallest absolute Gasteiger partial charge is 0.261 e. The Kier molecular flexibility index (Phi) is 6.08. The van der Waals surface area contributed by atoms with Crippen molar-refractivity contribution < 1.29 is 9.59 Å². The van der Waals surface area contributed by atoms with Crippen LogP contribution in [0.3, 0.4) is 0 Å². The van der Waals surface area contributed by atoms with Gasteiger partial charge in [0.1, 0.15) is 0 Å². The molecule has 0 bridgehead atoms. The van der Waals surface area contributed by atoms with E-state index in [0.29, 0.717) is 16.4 Å². The molecule has 0 spiro atoms. The second kappa shape index (κ2) is 7.91. The van der Waals surface area contributed by atoms with Crippen molar-refractivity contribution in [1.29, 1.82) is 0 Å². The molecule has 140 valence electrons. The fourth-order valence-electron chi connectivity index (χ4n) is 2.24. The van der Waals surface area contributed by atoms with Crippen LogP contribution in [0.15, 0.2) is 30.3 Å². The second-order valence-corrected chi connectivity index (χ2v) is 8.62. The van der Waals surface area contributed by atoms with E-state index in [1.807, 2.05) is 77.0 Å². The van der Waals surface area contributed by atoms with Gasteiger partial charge < -0.3 is 15.5 Å². The van der Waals surface area contributed by atoms with Gasteiger partial charge >= 0.3 is 0 Å². The van der Waals surface area contributed by atoms with Crippen LogP contribution in [-0.2, 0) is 11.3 Å². The van der Waals surface area contributed by atoms with E-state index in [1.165, 1.54) is 11.3 Å². The van der Waals surface area contributed by atoms with Gasteiger partial charge in [-0.05, 0) is 36.2 Å². The van der Waals surface area contributed by atoms with Gasteiger partial charge in [0.15, 0.2) is 0 Å². The second-order valence-electron chi connectivity index (χ2n) is 7.57. The highest BCUT2D eigenvalue weighted by Gasteiger charge is 2.23. The zero-order chi connectivity index (χ0) is 19.5. The molecule has 0 aliphatic carbocycles. The predicted molar refractivity (Wildman–Crippen MR) is 109 cm³/mol. The summed E-state index contributed by atoms with van der Waals surface area (Å²) >= 11 is 1.30. The molecule has 0 radical (unpaired) electrons. The Balaban J connectivity index is 2.00. The highest BCUT2D eigenvalue weighted by Crippen LogP contribution is 2.28. The number of anilines is 2. The van der Waals surface area contributed by atoms with E-state index < -0.39 is 5.41 Å². The first-order valence-corrected chi connectivity index (χ1v) is 9.36. The summed E-state index contributed by atoms with van der Waals surface area (Å²) < 4.78 is 0. The van der Waals surface area contributed by atoms with Crippen LogP contribution >= 0.6 is 11.3 Å². The molecule has 1 aromatic carbocycles. The van der Waals surface area contributed by atoms with Gasteiger partial charge in [-0.25, -0.2) is 0 Å². The maximum absolute atomic E-state index is 12.5. The summed E-state index contributed by atoms with van der Waals surface area (Å²) in [5.74, 6) is -0.188. The van der Waals surface area contributed by atoms with E-state index in [9.17, 15) is 9.59 Å². The van der Waals surface area contributed by atoms with Crippen LogP contribution in [0.5, 0.6) is 0 Å². The summed E-state index contributed by atoms with van der Waals surface area (Å²) in [6.07, 6.45) is 0. The molecule has 2 amide bonds. The molecule has 0 unspecified atom stereocenters. The van der Waals surface area contributed by atoms with Crippen molar-refractivity contribution in [3.8, 4) is 0 Å². The number of aryl methyl sites for hydroxylation is 1. The molecule has 2 N–H and O–H groups in total. The molecule has 2 aromatic rings. The maximum Gasteiger partial charge on any atom is 0.261 e. The first-order valence-electron chi connectivity index (χ1n) is 8.54. The Hall–Kier alpha value is -2.34. The molecule has 0 atom stereocenters. The lowest BCUT2D eigenvalue weighted by molar-refractivity contribution is -0.123. The van der Waals surface area contributed by atoms with E-state index in [-0.39, 0.29) is 11.8 Å². The standard InChI is InChI=1S/C20H27N3O2S/c1-13-11-16(22-19(25)20(2,3)4)26-17(13)18(24)21-12-14-7-9-15(10-8-14)23(5)6/h7-11H,12H2,1-6H3,(H,21,24)(H,22,25). The number of carbonyl (C=O) groups excluding carboxylic acids is 2. The first kappa shape index (κ1) is 20.0. The molecule has 6 heteroatoms. The lowest BCUT2D eigenvalue weighted by Gasteiger charge is -2.16. The van der Waals surface area contributed by atoms with Crippen molar-refractivity contribution in [2.75, 3.05) is 24.3 Å². The highest BCUT2D eigenvalue weighted by molar-refractivity contribution is 7.18. The Bertz CT molecular complexity index is 786. The van der Waals surface area contributed by atoms with Gasteiger partial charge in [0.25, 0.3) is 5.91 Å². The van der Waals surface area contributed by atoms with E-state index >= 15 is 0 Å². The van der Waals surface area contributed by atoms with Crippen LogP contribution in [0.25, 0.3) is 0 Å². The fourth-order valence-corrected chi connectivity index (χ4v) is 3.23. The Morgan fingerprint density at radius 1 is 1.12 bits per heavy atom. The van der Waals surface area contributed by atoms with Crippen LogP contribution in [0.2, 0.25) is 0 Å². The summed E-state index contributed by atoms with van der Waals surface area (Å²) in [6.45, 7) is 7.92. The number of nitrogens with one attached hydrogen (secondary N) is 2. The minimum Gasteiger partial charge on any atom is -0.378 e. The number of thiophene rings is 1. The number of hydrogen-bond donors (Lipinski definition) is 2. The van der Waals surface area contributed by atoms with E-state index in [4.69, 9.17) is 0 Å². The Labute approximate surface area is 159 Å². The van der Waals surface area contributed by atoms with Crippen molar-refractivity contribution in [3.63, 3.8) is 0 Å². The minimum absolute atomic E-state index is 0.0632. The zero-order valence-electron chi connectivity index (χ0n) is 16.3. The van der Waals surface area contributed by atoms with E-state index in [1.54, 1.807) is 0 Å². The van der Waals surface area contributed by atoms with Crippen LogP contribution < -0.4 is 15.5 Å². The van der Waals surface area contributed by atoms with Gasteiger partial charge in [-0.3, -0.25) is 9.59 Å². The molecule has 0 saturated carbocycles. The lowest BCUT2D eigenvalue weighted by Crippen LogP contribution is -2.27. The first-order chi connectivity index (χ1) is 12.1. The van der Waals surface area contributed by atoms with Gasteiger partial charge in [-0.2, -0.15) is 0 Å². The highest BCUT2D eigenvalue weighted by atomic mass is 32.1. The van der Waals surface area contributed by atoms with Gasteiger partial charge in [-0.15, -0.1) is 11.3 Å². The molecule has 0 saturated heterocycles. The Morgan fingerprint density at radius 2 is 1.73 bits per heavy atom. The predicted octanol–water partition coefficient (Wildman–Crippen LogP) is 4.04. The van der Waals surface area contributed by atoms with Gasteiger partial charge in [-0.1, -0.05) is 32.9 Å². The topological polar surface area (TPSA) is 61.4 Å². The SMILES string of the molecule is Cc1cc(NC(=O)C(C)(C)C)sc1C(=O)NCc1ccc(N(C)C)cc1. The monoisotopic (exact) mass is 373 g/mol. The molecular weight excluding hydrogens is 346 g/mol. The number of hydrogen-bond acceptors (Lipinski definition) is 4. The summed E-state index contributed by atoms with van der Waals surface area (Å²) in [4.78, 5) is 27.2. The van der Waals surface area contributed by atoms with Crippen molar-refractivity contribution in [1.82, 2.24) is 5.32 Å².